The fraction of sp³-hybridized carbons (Fsp3) is 1.00. The molecule has 0 saturated carbocycles. The maximum Gasteiger partial charge on any atom is 0.150 e. The summed E-state index contributed by atoms with van der Waals surface area (Å²) in [6, 6.07) is 0.0716. The molecule has 84 valence electrons. The Bertz CT molecular complexity index is 270. The Balaban J connectivity index is 2.58. The highest BCUT2D eigenvalue weighted by atomic mass is 32.2. The summed E-state index contributed by atoms with van der Waals surface area (Å²) in [5, 5.41) is 0. The van der Waals surface area contributed by atoms with Gasteiger partial charge in [-0.3, -0.25) is 0 Å². The Labute approximate surface area is 87.0 Å². The normalized spacial score (nSPS) is 28.1. The first-order valence-electron chi connectivity index (χ1n) is 5.46. The minimum absolute atomic E-state index is 0.0716. The van der Waals surface area contributed by atoms with Crippen molar-refractivity contribution in [1.29, 1.82) is 0 Å². The summed E-state index contributed by atoms with van der Waals surface area (Å²) in [6.45, 7) is 4.24. The predicted molar refractivity (Wildman–Crippen MR) is 58.8 cm³/mol. The average molecular weight is 219 g/mol. The molecule has 1 aliphatic rings. The van der Waals surface area contributed by atoms with Crippen molar-refractivity contribution in [3.8, 4) is 0 Å². The van der Waals surface area contributed by atoms with Gasteiger partial charge in [0.25, 0.3) is 0 Å². The second kappa shape index (κ2) is 4.62. The zero-order chi connectivity index (χ0) is 10.8. The van der Waals surface area contributed by atoms with E-state index in [0.29, 0.717) is 17.4 Å². The fourth-order valence-corrected chi connectivity index (χ4v) is 4.21. The Morgan fingerprint density at radius 1 is 1.36 bits per heavy atom. The van der Waals surface area contributed by atoms with Crippen LogP contribution in [0.4, 0.5) is 0 Å². The molecule has 1 heterocycles. The Kier molecular flexibility index (Phi) is 3.95. The Morgan fingerprint density at radius 3 is 2.29 bits per heavy atom. The average Bonchev–Trinajstić information content (AvgIpc) is 2.48. The molecule has 2 unspecified atom stereocenters. The molecule has 0 aromatic carbocycles. The summed E-state index contributed by atoms with van der Waals surface area (Å²) in [6.07, 6.45) is 2.86. The van der Waals surface area contributed by atoms with Crippen LogP contribution in [0.25, 0.3) is 0 Å². The van der Waals surface area contributed by atoms with Gasteiger partial charge < -0.3 is 5.73 Å². The van der Waals surface area contributed by atoms with Gasteiger partial charge in [0.05, 0.1) is 11.5 Å². The van der Waals surface area contributed by atoms with Crippen LogP contribution in [0.2, 0.25) is 0 Å². The van der Waals surface area contributed by atoms with Crippen molar-refractivity contribution < 1.29 is 8.42 Å². The molecule has 3 nitrogen and oxygen atoms in total. The quantitative estimate of drug-likeness (QED) is 0.772. The summed E-state index contributed by atoms with van der Waals surface area (Å²) in [5.41, 5.74) is 6.10. The molecular formula is C10H21NO2S. The molecule has 1 rings (SSSR count). The van der Waals surface area contributed by atoms with Gasteiger partial charge in [-0.05, 0) is 18.3 Å². The van der Waals surface area contributed by atoms with E-state index in [0.717, 1.165) is 19.3 Å². The van der Waals surface area contributed by atoms with Crippen LogP contribution in [0.1, 0.15) is 33.1 Å². The van der Waals surface area contributed by atoms with Crippen molar-refractivity contribution >= 4 is 9.84 Å². The Hall–Kier alpha value is -0.0900. The van der Waals surface area contributed by atoms with E-state index in [1.54, 1.807) is 0 Å². The first-order valence-corrected chi connectivity index (χ1v) is 7.28. The van der Waals surface area contributed by atoms with Crippen LogP contribution in [0.5, 0.6) is 0 Å². The summed E-state index contributed by atoms with van der Waals surface area (Å²) in [7, 11) is -2.77. The van der Waals surface area contributed by atoms with Gasteiger partial charge in [-0.1, -0.05) is 26.7 Å². The standard InChI is InChI=1S/C10H21NO2S/c1-3-8(4-2)10(11)9-5-6-14(12,13)7-9/h8-10H,3-7,11H2,1-2H3. The van der Waals surface area contributed by atoms with Crippen molar-refractivity contribution in [3.63, 3.8) is 0 Å². The first-order chi connectivity index (χ1) is 6.50. The summed E-state index contributed by atoms with van der Waals surface area (Å²) in [4.78, 5) is 0. The summed E-state index contributed by atoms with van der Waals surface area (Å²) < 4.78 is 22.6. The lowest BCUT2D eigenvalue weighted by molar-refractivity contribution is 0.313. The molecule has 14 heavy (non-hydrogen) atoms. The van der Waals surface area contributed by atoms with Gasteiger partial charge in [0.2, 0.25) is 0 Å². The minimum Gasteiger partial charge on any atom is -0.327 e. The third-order valence-corrected chi connectivity index (χ3v) is 5.20. The van der Waals surface area contributed by atoms with Crippen LogP contribution in [-0.2, 0) is 9.84 Å². The summed E-state index contributed by atoms with van der Waals surface area (Å²) >= 11 is 0. The van der Waals surface area contributed by atoms with Gasteiger partial charge in [0.15, 0.2) is 9.84 Å². The largest absolute Gasteiger partial charge is 0.327 e. The van der Waals surface area contributed by atoms with E-state index in [1.807, 2.05) is 0 Å². The molecule has 2 N–H and O–H groups in total. The van der Waals surface area contributed by atoms with Gasteiger partial charge >= 0.3 is 0 Å². The lowest BCUT2D eigenvalue weighted by atomic mass is 9.85. The number of sulfone groups is 1. The number of nitrogens with two attached hydrogens (primary N) is 1. The zero-order valence-corrected chi connectivity index (χ0v) is 9.89. The number of hydrogen-bond acceptors (Lipinski definition) is 3. The lowest BCUT2D eigenvalue weighted by Crippen LogP contribution is -2.37. The van der Waals surface area contributed by atoms with Crippen molar-refractivity contribution in [2.75, 3.05) is 11.5 Å². The third kappa shape index (κ3) is 2.70. The molecule has 2 atom stereocenters. The second-order valence-electron chi connectivity index (χ2n) is 4.32. The molecule has 1 fully saturated rings. The molecule has 0 amide bonds. The summed E-state index contributed by atoms with van der Waals surface area (Å²) in [5.74, 6) is 1.33. The fourth-order valence-electron chi connectivity index (χ4n) is 2.35. The van der Waals surface area contributed by atoms with Crippen LogP contribution in [0.3, 0.4) is 0 Å². The van der Waals surface area contributed by atoms with Crippen LogP contribution in [0, 0.1) is 11.8 Å². The smallest absolute Gasteiger partial charge is 0.150 e. The van der Waals surface area contributed by atoms with Crippen LogP contribution >= 0.6 is 0 Å². The highest BCUT2D eigenvalue weighted by Gasteiger charge is 2.34. The number of rotatable bonds is 4. The Morgan fingerprint density at radius 2 is 1.93 bits per heavy atom. The topological polar surface area (TPSA) is 60.2 Å². The van der Waals surface area contributed by atoms with Crippen molar-refractivity contribution in [2.45, 2.75) is 39.2 Å². The van der Waals surface area contributed by atoms with Crippen molar-refractivity contribution in [3.05, 3.63) is 0 Å². The second-order valence-corrected chi connectivity index (χ2v) is 6.55. The maximum absolute atomic E-state index is 11.3. The molecule has 1 aliphatic heterocycles. The van der Waals surface area contributed by atoms with E-state index in [-0.39, 0.29) is 12.0 Å². The van der Waals surface area contributed by atoms with Crippen LogP contribution in [0.15, 0.2) is 0 Å². The van der Waals surface area contributed by atoms with Crippen molar-refractivity contribution in [1.82, 2.24) is 0 Å². The van der Waals surface area contributed by atoms with Crippen LogP contribution in [-0.4, -0.2) is 26.0 Å². The third-order valence-electron chi connectivity index (χ3n) is 3.41. The van der Waals surface area contributed by atoms with E-state index < -0.39 is 9.84 Å². The highest BCUT2D eigenvalue weighted by Crippen LogP contribution is 2.27. The SMILES string of the molecule is CCC(CC)C(N)C1CCS(=O)(=O)C1. The number of hydrogen-bond donors (Lipinski definition) is 1. The van der Waals surface area contributed by atoms with Gasteiger partial charge in [-0.15, -0.1) is 0 Å². The van der Waals surface area contributed by atoms with Gasteiger partial charge in [-0.2, -0.15) is 0 Å². The molecule has 0 aromatic heterocycles. The van der Waals surface area contributed by atoms with E-state index in [9.17, 15) is 8.42 Å². The van der Waals surface area contributed by atoms with Crippen LogP contribution < -0.4 is 5.73 Å². The van der Waals surface area contributed by atoms with E-state index >= 15 is 0 Å². The molecular weight excluding hydrogens is 198 g/mol. The minimum atomic E-state index is -2.77. The molecule has 4 heteroatoms. The van der Waals surface area contributed by atoms with Gasteiger partial charge in [0.1, 0.15) is 0 Å². The molecule has 0 aromatic rings. The molecule has 1 saturated heterocycles. The first kappa shape index (κ1) is 12.0. The maximum atomic E-state index is 11.3. The van der Waals surface area contributed by atoms with E-state index in [2.05, 4.69) is 13.8 Å². The monoisotopic (exact) mass is 219 g/mol. The lowest BCUT2D eigenvalue weighted by Gasteiger charge is -2.25. The molecule has 0 aliphatic carbocycles. The predicted octanol–water partition coefficient (Wildman–Crippen LogP) is 1.18. The van der Waals surface area contributed by atoms with E-state index in [4.69, 9.17) is 5.73 Å². The molecule has 0 spiro atoms. The zero-order valence-electron chi connectivity index (χ0n) is 9.07. The molecule has 0 radical (unpaired) electrons. The van der Waals surface area contributed by atoms with E-state index in [1.165, 1.54) is 0 Å². The van der Waals surface area contributed by atoms with Gasteiger partial charge in [-0.25, -0.2) is 8.42 Å². The van der Waals surface area contributed by atoms with Crippen molar-refractivity contribution in [2.24, 2.45) is 17.6 Å². The van der Waals surface area contributed by atoms with Gasteiger partial charge in [0, 0.05) is 6.04 Å². The highest BCUT2D eigenvalue weighted by molar-refractivity contribution is 7.91. The molecule has 0 bridgehead atoms.